The van der Waals surface area contributed by atoms with E-state index < -0.39 is 6.17 Å². The summed E-state index contributed by atoms with van der Waals surface area (Å²) < 4.78 is 14.5. The van der Waals surface area contributed by atoms with Gasteiger partial charge in [-0.1, -0.05) is 39.0 Å². The fourth-order valence-corrected chi connectivity index (χ4v) is 3.61. The van der Waals surface area contributed by atoms with Crippen LogP contribution >= 0.6 is 0 Å². The number of piperidine rings is 1. The van der Waals surface area contributed by atoms with Crippen LogP contribution in [0.3, 0.4) is 0 Å². The van der Waals surface area contributed by atoms with E-state index in [1.807, 2.05) is 0 Å². The molecule has 0 aromatic carbocycles. The van der Waals surface area contributed by atoms with Gasteiger partial charge in [-0.3, -0.25) is 0 Å². The molecule has 1 saturated carbocycles. The molecule has 2 fully saturated rings. The molecule has 16 heavy (non-hydrogen) atoms. The van der Waals surface area contributed by atoms with Crippen LogP contribution in [0.25, 0.3) is 0 Å². The fourth-order valence-electron chi connectivity index (χ4n) is 3.61. The molecule has 1 N–H and O–H groups in total. The van der Waals surface area contributed by atoms with Crippen LogP contribution in [-0.2, 0) is 0 Å². The van der Waals surface area contributed by atoms with Crippen LogP contribution in [0.1, 0.15) is 58.3 Å². The topological polar surface area (TPSA) is 12.0 Å². The van der Waals surface area contributed by atoms with Crippen LogP contribution in [-0.4, -0.2) is 18.8 Å². The normalized spacial score (nSPS) is 38.2. The maximum atomic E-state index is 14.5. The second kappa shape index (κ2) is 6.00. The van der Waals surface area contributed by atoms with E-state index in [1.165, 1.54) is 32.1 Å². The van der Waals surface area contributed by atoms with Crippen molar-refractivity contribution in [3.8, 4) is 0 Å². The highest BCUT2D eigenvalue weighted by molar-refractivity contribution is 4.89. The lowest BCUT2D eigenvalue weighted by Gasteiger charge is -2.38. The molecule has 2 rings (SSSR count). The smallest absolute Gasteiger partial charge is 0.118 e. The average molecular weight is 227 g/mol. The first-order valence-electron chi connectivity index (χ1n) is 7.20. The number of hydrogen-bond donors (Lipinski definition) is 1. The van der Waals surface area contributed by atoms with Gasteiger partial charge in [0, 0.05) is 6.04 Å². The zero-order valence-electron chi connectivity index (χ0n) is 10.6. The van der Waals surface area contributed by atoms with E-state index in [1.54, 1.807) is 0 Å². The zero-order chi connectivity index (χ0) is 11.4. The first-order chi connectivity index (χ1) is 7.83. The zero-order valence-corrected chi connectivity index (χ0v) is 10.6. The summed E-state index contributed by atoms with van der Waals surface area (Å²) >= 11 is 0. The molecule has 1 nitrogen and oxygen atoms in total. The number of rotatable bonds is 3. The third-order valence-electron chi connectivity index (χ3n) is 4.63. The second-order valence-electron chi connectivity index (χ2n) is 5.62. The molecule has 1 aliphatic heterocycles. The Hall–Kier alpha value is -0.110. The molecule has 1 aliphatic carbocycles. The van der Waals surface area contributed by atoms with E-state index in [-0.39, 0.29) is 6.04 Å². The minimum atomic E-state index is -0.592. The van der Waals surface area contributed by atoms with Crippen molar-refractivity contribution in [2.75, 3.05) is 6.54 Å². The van der Waals surface area contributed by atoms with E-state index in [2.05, 4.69) is 12.2 Å². The summed E-state index contributed by atoms with van der Waals surface area (Å²) in [6.45, 7) is 3.25. The Balaban J connectivity index is 1.92. The molecule has 1 heterocycles. The van der Waals surface area contributed by atoms with Gasteiger partial charge in [0.1, 0.15) is 6.17 Å². The van der Waals surface area contributed by atoms with Gasteiger partial charge in [-0.15, -0.1) is 0 Å². The van der Waals surface area contributed by atoms with Crippen molar-refractivity contribution in [1.82, 2.24) is 5.32 Å². The Morgan fingerprint density at radius 3 is 2.56 bits per heavy atom. The van der Waals surface area contributed by atoms with Gasteiger partial charge >= 0.3 is 0 Å². The lowest BCUT2D eigenvalue weighted by molar-refractivity contribution is 0.0773. The summed E-state index contributed by atoms with van der Waals surface area (Å²) in [6, 6.07) is 0.158. The first kappa shape index (κ1) is 12.3. The number of alkyl halides is 1. The molecule has 0 aromatic heterocycles. The molecular formula is C14H26FN. The van der Waals surface area contributed by atoms with Crippen molar-refractivity contribution < 1.29 is 4.39 Å². The molecule has 0 spiro atoms. The summed E-state index contributed by atoms with van der Waals surface area (Å²) in [5, 5.41) is 3.39. The van der Waals surface area contributed by atoms with Crippen molar-refractivity contribution in [2.45, 2.75) is 70.5 Å². The summed E-state index contributed by atoms with van der Waals surface area (Å²) in [5.74, 6) is 0.988. The highest BCUT2D eigenvalue weighted by Gasteiger charge is 2.35. The Bertz CT molecular complexity index is 201. The summed E-state index contributed by atoms with van der Waals surface area (Å²) in [6.07, 6.45) is 9.00. The van der Waals surface area contributed by atoms with Crippen LogP contribution in [0.2, 0.25) is 0 Å². The third-order valence-corrected chi connectivity index (χ3v) is 4.63. The standard InChI is InChI=1S/C14H26FN/c1-2-11-7-3-4-8-12(11)14(15)13-9-5-6-10-16-13/h11-14,16H,2-10H2,1H3. The molecule has 0 bridgehead atoms. The molecular weight excluding hydrogens is 201 g/mol. The quantitative estimate of drug-likeness (QED) is 0.775. The largest absolute Gasteiger partial charge is 0.311 e. The van der Waals surface area contributed by atoms with E-state index in [0.29, 0.717) is 11.8 Å². The number of nitrogens with one attached hydrogen (secondary N) is 1. The Morgan fingerprint density at radius 2 is 1.88 bits per heavy atom. The minimum Gasteiger partial charge on any atom is -0.311 e. The van der Waals surface area contributed by atoms with E-state index in [4.69, 9.17) is 0 Å². The van der Waals surface area contributed by atoms with Gasteiger partial charge in [0.05, 0.1) is 0 Å². The molecule has 0 aromatic rings. The third kappa shape index (κ3) is 2.77. The molecule has 2 heteroatoms. The highest BCUT2D eigenvalue weighted by Crippen LogP contribution is 2.37. The summed E-state index contributed by atoms with van der Waals surface area (Å²) in [5.41, 5.74) is 0. The average Bonchev–Trinajstić information content (AvgIpc) is 2.39. The predicted octanol–water partition coefficient (Wildman–Crippen LogP) is 3.68. The summed E-state index contributed by atoms with van der Waals surface area (Å²) in [7, 11) is 0. The molecule has 4 unspecified atom stereocenters. The van der Waals surface area contributed by atoms with Crippen molar-refractivity contribution in [3.05, 3.63) is 0 Å². The van der Waals surface area contributed by atoms with Crippen LogP contribution in [0.15, 0.2) is 0 Å². The lowest BCUT2D eigenvalue weighted by atomic mass is 9.73. The predicted molar refractivity (Wildman–Crippen MR) is 66.3 cm³/mol. The highest BCUT2D eigenvalue weighted by atomic mass is 19.1. The van der Waals surface area contributed by atoms with E-state index >= 15 is 0 Å². The maximum absolute atomic E-state index is 14.5. The van der Waals surface area contributed by atoms with E-state index in [0.717, 1.165) is 25.8 Å². The van der Waals surface area contributed by atoms with Gasteiger partial charge in [-0.25, -0.2) is 4.39 Å². The molecule has 0 amide bonds. The summed E-state index contributed by atoms with van der Waals surface area (Å²) in [4.78, 5) is 0. The lowest BCUT2D eigenvalue weighted by Crippen LogP contribution is -2.46. The Labute approximate surface area is 99.2 Å². The maximum Gasteiger partial charge on any atom is 0.118 e. The molecule has 94 valence electrons. The van der Waals surface area contributed by atoms with Gasteiger partial charge in [0.15, 0.2) is 0 Å². The fraction of sp³-hybridized carbons (Fsp3) is 1.00. The van der Waals surface area contributed by atoms with Gasteiger partial charge in [-0.05, 0) is 37.6 Å². The van der Waals surface area contributed by atoms with Crippen LogP contribution in [0, 0.1) is 11.8 Å². The van der Waals surface area contributed by atoms with Crippen molar-refractivity contribution in [2.24, 2.45) is 11.8 Å². The molecule has 4 atom stereocenters. The SMILES string of the molecule is CCC1CCCCC1C(F)C1CCCCN1. The first-order valence-corrected chi connectivity index (χ1v) is 7.20. The van der Waals surface area contributed by atoms with E-state index in [9.17, 15) is 4.39 Å². The molecule has 0 radical (unpaired) electrons. The molecule has 1 saturated heterocycles. The monoisotopic (exact) mass is 227 g/mol. The van der Waals surface area contributed by atoms with Crippen LogP contribution in [0.4, 0.5) is 4.39 Å². The number of hydrogen-bond acceptors (Lipinski definition) is 1. The number of halogens is 1. The van der Waals surface area contributed by atoms with Crippen molar-refractivity contribution >= 4 is 0 Å². The van der Waals surface area contributed by atoms with Gasteiger partial charge in [-0.2, -0.15) is 0 Å². The molecule has 2 aliphatic rings. The van der Waals surface area contributed by atoms with Gasteiger partial charge in [0.25, 0.3) is 0 Å². The van der Waals surface area contributed by atoms with Crippen molar-refractivity contribution in [1.29, 1.82) is 0 Å². The van der Waals surface area contributed by atoms with Gasteiger partial charge in [0.2, 0.25) is 0 Å². The van der Waals surface area contributed by atoms with Gasteiger partial charge < -0.3 is 5.32 Å². The van der Waals surface area contributed by atoms with Crippen LogP contribution in [0.5, 0.6) is 0 Å². The van der Waals surface area contributed by atoms with Crippen LogP contribution < -0.4 is 5.32 Å². The minimum absolute atomic E-state index is 0.158. The Kier molecular flexibility index (Phi) is 4.63. The van der Waals surface area contributed by atoms with Crippen molar-refractivity contribution in [3.63, 3.8) is 0 Å². The second-order valence-corrected chi connectivity index (χ2v) is 5.62. The Morgan fingerprint density at radius 1 is 1.12 bits per heavy atom.